The van der Waals surface area contributed by atoms with Crippen LogP contribution >= 0.6 is 11.8 Å². The Morgan fingerprint density at radius 3 is 2.61 bits per heavy atom. The molecule has 0 spiro atoms. The lowest BCUT2D eigenvalue weighted by Crippen LogP contribution is -2.37. The first kappa shape index (κ1) is 26.1. The summed E-state index contributed by atoms with van der Waals surface area (Å²) in [5.41, 5.74) is 3.36. The van der Waals surface area contributed by atoms with Crippen LogP contribution in [0.25, 0.3) is 0 Å². The molecule has 1 aromatic heterocycles. The minimum absolute atomic E-state index is 0.0478. The Morgan fingerprint density at radius 1 is 1.08 bits per heavy atom. The second kappa shape index (κ2) is 10.7. The van der Waals surface area contributed by atoms with Crippen LogP contribution in [0.5, 0.6) is 11.5 Å². The lowest BCUT2D eigenvalue weighted by Gasteiger charge is -2.38. The fourth-order valence-electron chi connectivity index (χ4n) is 5.21. The number of anilines is 1. The Labute approximate surface area is 227 Å². The first-order chi connectivity index (χ1) is 18.3. The Kier molecular flexibility index (Phi) is 7.34. The molecule has 2 aliphatic rings. The summed E-state index contributed by atoms with van der Waals surface area (Å²) in [4.78, 5) is 34.7. The summed E-state index contributed by atoms with van der Waals surface area (Å²) in [5, 5.41) is 3.96. The van der Waals surface area contributed by atoms with Crippen molar-refractivity contribution in [2.75, 3.05) is 18.2 Å². The molecule has 7 nitrogen and oxygen atoms in total. The lowest BCUT2D eigenvalue weighted by molar-refractivity contribution is -0.118. The number of nitrogens with one attached hydrogen (secondary N) is 2. The molecular formula is C30H33N3O4S. The van der Waals surface area contributed by atoms with Gasteiger partial charge in [0.1, 0.15) is 12.4 Å². The molecule has 1 atom stereocenters. The second-order valence-corrected chi connectivity index (χ2v) is 11.6. The molecule has 38 heavy (non-hydrogen) atoms. The van der Waals surface area contributed by atoms with Gasteiger partial charge in [0.05, 0.1) is 12.7 Å². The number of hydrogen-bond donors (Lipinski definition) is 2. The largest absolute Gasteiger partial charge is 0.493 e. The smallest absolute Gasteiger partial charge is 0.257 e. The van der Waals surface area contributed by atoms with Crippen molar-refractivity contribution in [2.45, 2.75) is 57.7 Å². The van der Waals surface area contributed by atoms with E-state index in [0.717, 1.165) is 29.0 Å². The zero-order valence-corrected chi connectivity index (χ0v) is 23.0. The highest BCUT2D eigenvalue weighted by atomic mass is 32.2. The number of benzene rings is 2. The Bertz CT molecular complexity index is 1450. The number of H-pyrrole nitrogens is 1. The first-order valence-corrected chi connectivity index (χ1v) is 13.9. The summed E-state index contributed by atoms with van der Waals surface area (Å²) in [5.74, 6) is 2.01. The standard InChI is InChI=1S/C30H33N3O4S/c1-5-13-38-29-32-27-26(28(35)33-29)24(25-20(31-27)15-30(2,3)16-21(25)34)19-11-12-22(23(14-19)36-4)37-17-18-9-7-6-8-10-18/h6-12,14,24H,5,13,15-17H2,1-4H3,(H2,31,32,33,35). The quantitative estimate of drug-likeness (QED) is 0.270. The van der Waals surface area contributed by atoms with Gasteiger partial charge in [-0.25, -0.2) is 4.98 Å². The minimum atomic E-state index is -0.552. The van der Waals surface area contributed by atoms with E-state index in [1.807, 2.05) is 48.5 Å². The maximum atomic E-state index is 13.5. The van der Waals surface area contributed by atoms with Crippen molar-refractivity contribution in [3.63, 3.8) is 0 Å². The van der Waals surface area contributed by atoms with Crippen molar-refractivity contribution in [3.8, 4) is 11.5 Å². The molecule has 0 bridgehead atoms. The number of nitrogens with zero attached hydrogens (tertiary/aromatic N) is 1. The van der Waals surface area contributed by atoms with Crippen molar-refractivity contribution in [2.24, 2.45) is 5.41 Å². The van der Waals surface area contributed by atoms with Crippen LogP contribution < -0.4 is 20.3 Å². The number of aromatic amines is 1. The number of Topliss-reactive ketones (excluding diaryl/α,β-unsaturated/α-hetero) is 1. The molecule has 0 saturated carbocycles. The molecule has 1 unspecified atom stereocenters. The molecule has 0 saturated heterocycles. The van der Waals surface area contributed by atoms with Crippen LogP contribution in [0.1, 0.15) is 62.6 Å². The van der Waals surface area contributed by atoms with E-state index in [0.29, 0.717) is 53.1 Å². The van der Waals surface area contributed by atoms with E-state index in [1.165, 1.54) is 11.8 Å². The Balaban J connectivity index is 1.58. The average molecular weight is 532 g/mol. The van der Waals surface area contributed by atoms with Gasteiger partial charge in [-0.15, -0.1) is 0 Å². The molecule has 8 heteroatoms. The van der Waals surface area contributed by atoms with Crippen molar-refractivity contribution < 1.29 is 14.3 Å². The van der Waals surface area contributed by atoms with Crippen LogP contribution in [0.4, 0.5) is 5.82 Å². The normalized spacial score (nSPS) is 17.9. The minimum Gasteiger partial charge on any atom is -0.493 e. The summed E-state index contributed by atoms with van der Waals surface area (Å²) in [6, 6.07) is 15.6. The number of fused-ring (bicyclic) bond motifs is 1. The van der Waals surface area contributed by atoms with Gasteiger partial charge < -0.3 is 19.8 Å². The third-order valence-corrected chi connectivity index (χ3v) is 7.98. The summed E-state index contributed by atoms with van der Waals surface area (Å²) in [7, 11) is 1.59. The lowest BCUT2D eigenvalue weighted by atomic mass is 9.69. The highest BCUT2D eigenvalue weighted by Gasteiger charge is 2.42. The van der Waals surface area contributed by atoms with Gasteiger partial charge >= 0.3 is 0 Å². The molecule has 2 N–H and O–H groups in total. The number of ketones is 1. The van der Waals surface area contributed by atoms with Gasteiger partial charge in [-0.3, -0.25) is 9.59 Å². The number of allylic oxidation sites excluding steroid dienone is 2. The molecule has 2 aromatic carbocycles. The van der Waals surface area contributed by atoms with Gasteiger partial charge in [0, 0.05) is 29.4 Å². The third kappa shape index (κ3) is 5.23. The molecule has 3 aromatic rings. The van der Waals surface area contributed by atoms with Gasteiger partial charge in [-0.1, -0.05) is 68.9 Å². The first-order valence-electron chi connectivity index (χ1n) is 12.9. The summed E-state index contributed by atoms with van der Waals surface area (Å²) in [6.45, 7) is 6.68. The number of thioether (sulfide) groups is 1. The number of rotatable bonds is 8. The number of ether oxygens (including phenoxy) is 2. The molecule has 0 radical (unpaired) electrons. The summed E-state index contributed by atoms with van der Waals surface area (Å²) >= 11 is 1.52. The second-order valence-electron chi connectivity index (χ2n) is 10.6. The molecule has 0 fully saturated rings. The van der Waals surface area contributed by atoms with Crippen LogP contribution in [0, 0.1) is 5.41 Å². The van der Waals surface area contributed by atoms with Crippen molar-refractivity contribution in [3.05, 3.63) is 86.8 Å². The van der Waals surface area contributed by atoms with Crippen LogP contribution in [0.15, 0.2) is 69.8 Å². The molecule has 1 aliphatic heterocycles. The SMILES string of the molecule is CCCSc1nc2c(c(=O)[nH]1)C(c1ccc(OCc3ccccc3)c(OC)c1)C1=C(CC(C)(C)CC1=O)N2. The third-order valence-electron chi connectivity index (χ3n) is 6.90. The predicted molar refractivity (Wildman–Crippen MR) is 150 cm³/mol. The Morgan fingerprint density at radius 2 is 1.87 bits per heavy atom. The topological polar surface area (TPSA) is 93.3 Å². The molecular weight excluding hydrogens is 498 g/mol. The van der Waals surface area contributed by atoms with E-state index < -0.39 is 5.92 Å². The zero-order valence-electron chi connectivity index (χ0n) is 22.2. The highest BCUT2D eigenvalue weighted by Crippen LogP contribution is 2.48. The monoisotopic (exact) mass is 531 g/mol. The molecule has 1 aliphatic carbocycles. The van der Waals surface area contributed by atoms with E-state index in [9.17, 15) is 9.59 Å². The van der Waals surface area contributed by atoms with Crippen LogP contribution in [0.2, 0.25) is 0 Å². The maximum absolute atomic E-state index is 13.5. The number of aromatic nitrogens is 2. The summed E-state index contributed by atoms with van der Waals surface area (Å²) < 4.78 is 11.8. The number of carbonyl (C=O) groups is 1. The van der Waals surface area contributed by atoms with E-state index in [4.69, 9.17) is 14.5 Å². The van der Waals surface area contributed by atoms with Crippen LogP contribution in [-0.4, -0.2) is 28.6 Å². The van der Waals surface area contributed by atoms with E-state index in [2.05, 4.69) is 31.1 Å². The number of carbonyl (C=O) groups excluding carboxylic acids is 1. The molecule has 5 rings (SSSR count). The van der Waals surface area contributed by atoms with Gasteiger partial charge in [0.25, 0.3) is 5.56 Å². The van der Waals surface area contributed by atoms with Crippen LogP contribution in [-0.2, 0) is 11.4 Å². The fourth-order valence-corrected chi connectivity index (χ4v) is 5.93. The van der Waals surface area contributed by atoms with Crippen molar-refractivity contribution >= 4 is 23.4 Å². The number of methoxy groups -OCH3 is 1. The molecule has 2 heterocycles. The van der Waals surface area contributed by atoms with E-state index in [1.54, 1.807) is 7.11 Å². The van der Waals surface area contributed by atoms with E-state index >= 15 is 0 Å². The Hall–Kier alpha value is -3.52. The van der Waals surface area contributed by atoms with Gasteiger partial charge in [-0.05, 0) is 41.5 Å². The van der Waals surface area contributed by atoms with Crippen LogP contribution in [0.3, 0.4) is 0 Å². The molecule has 0 amide bonds. The van der Waals surface area contributed by atoms with Gasteiger partial charge in [-0.2, -0.15) is 0 Å². The van der Waals surface area contributed by atoms with Gasteiger partial charge in [0.15, 0.2) is 22.4 Å². The highest BCUT2D eigenvalue weighted by molar-refractivity contribution is 7.99. The van der Waals surface area contributed by atoms with Crippen molar-refractivity contribution in [1.82, 2.24) is 9.97 Å². The zero-order chi connectivity index (χ0) is 26.9. The van der Waals surface area contributed by atoms with Gasteiger partial charge in [0.2, 0.25) is 0 Å². The molecule has 198 valence electrons. The average Bonchev–Trinajstić information content (AvgIpc) is 2.89. The fraction of sp³-hybridized carbons (Fsp3) is 0.367. The van der Waals surface area contributed by atoms with Crippen molar-refractivity contribution in [1.29, 1.82) is 0 Å². The summed E-state index contributed by atoms with van der Waals surface area (Å²) in [6.07, 6.45) is 2.09. The number of hydrogen-bond acceptors (Lipinski definition) is 7. The maximum Gasteiger partial charge on any atom is 0.257 e. The van der Waals surface area contributed by atoms with E-state index in [-0.39, 0.29) is 16.8 Å². The predicted octanol–water partition coefficient (Wildman–Crippen LogP) is 6.06.